The van der Waals surface area contributed by atoms with Crippen molar-refractivity contribution in [3.05, 3.63) is 58.3 Å². The fraction of sp³-hybridized carbons (Fsp3) is 0.450. The number of carbonyl (C=O) groups is 1. The largest absolute Gasteiger partial charge is 0.339 e. The zero-order valence-corrected chi connectivity index (χ0v) is 15.1. The average Bonchev–Trinajstić information content (AvgIpc) is 3.13. The first-order chi connectivity index (χ1) is 11.7. The molecule has 0 aliphatic carbocycles. The van der Waals surface area contributed by atoms with E-state index in [2.05, 4.69) is 29.1 Å². The van der Waals surface area contributed by atoms with Gasteiger partial charge in [-0.2, -0.15) is 11.3 Å². The average molecular weight is 343 g/mol. The summed E-state index contributed by atoms with van der Waals surface area (Å²) in [6.45, 7) is 5.06. The first-order valence-electron chi connectivity index (χ1n) is 8.81. The van der Waals surface area contributed by atoms with Crippen molar-refractivity contribution in [2.75, 3.05) is 19.6 Å². The molecule has 0 spiro atoms. The number of benzene rings is 1. The molecule has 128 valence electrons. The van der Waals surface area contributed by atoms with E-state index in [-0.39, 0.29) is 5.91 Å². The molecule has 1 atom stereocenters. The van der Waals surface area contributed by atoms with E-state index in [0.717, 1.165) is 44.5 Å². The monoisotopic (exact) mass is 342 g/mol. The molecular formula is C20H26N2OS. The van der Waals surface area contributed by atoms with Gasteiger partial charge in [-0.05, 0) is 73.2 Å². The molecule has 1 aliphatic rings. The zero-order valence-electron chi connectivity index (χ0n) is 14.3. The molecule has 2 heterocycles. The molecule has 0 radical (unpaired) electrons. The van der Waals surface area contributed by atoms with E-state index in [4.69, 9.17) is 0 Å². The molecule has 1 N–H and O–H groups in total. The molecule has 2 aromatic rings. The number of rotatable bonds is 6. The van der Waals surface area contributed by atoms with Crippen molar-refractivity contribution in [1.29, 1.82) is 0 Å². The van der Waals surface area contributed by atoms with E-state index < -0.39 is 0 Å². The van der Waals surface area contributed by atoms with Crippen molar-refractivity contribution in [3.8, 4) is 0 Å². The molecule has 1 amide bonds. The Hall–Kier alpha value is -1.65. The van der Waals surface area contributed by atoms with Crippen LogP contribution in [0, 0.1) is 5.92 Å². The predicted molar refractivity (Wildman–Crippen MR) is 101 cm³/mol. The van der Waals surface area contributed by atoms with Crippen molar-refractivity contribution < 1.29 is 4.79 Å². The molecule has 24 heavy (non-hydrogen) atoms. The van der Waals surface area contributed by atoms with Gasteiger partial charge in [0.25, 0.3) is 5.91 Å². The summed E-state index contributed by atoms with van der Waals surface area (Å²) < 4.78 is 0. The lowest BCUT2D eigenvalue weighted by atomic mass is 9.95. The smallest absolute Gasteiger partial charge is 0.253 e. The van der Waals surface area contributed by atoms with E-state index in [9.17, 15) is 4.79 Å². The molecular weight excluding hydrogens is 316 g/mol. The van der Waals surface area contributed by atoms with Crippen LogP contribution in [-0.2, 0) is 6.42 Å². The van der Waals surface area contributed by atoms with Crippen molar-refractivity contribution in [3.63, 3.8) is 0 Å². The maximum absolute atomic E-state index is 12.5. The van der Waals surface area contributed by atoms with Crippen LogP contribution in [0.25, 0.3) is 0 Å². The quantitative estimate of drug-likeness (QED) is 0.865. The second kappa shape index (κ2) is 8.45. The highest BCUT2D eigenvalue weighted by Crippen LogP contribution is 2.19. The van der Waals surface area contributed by atoms with Gasteiger partial charge in [0.2, 0.25) is 0 Å². The number of nitrogens with zero attached hydrogens (tertiary/aromatic N) is 1. The molecule has 3 rings (SSSR count). The van der Waals surface area contributed by atoms with E-state index in [1.54, 1.807) is 11.3 Å². The Morgan fingerprint density at radius 1 is 1.25 bits per heavy atom. The van der Waals surface area contributed by atoms with Crippen molar-refractivity contribution in [1.82, 2.24) is 10.2 Å². The molecule has 1 saturated heterocycles. The molecule has 0 bridgehead atoms. The molecule has 1 aromatic heterocycles. The highest BCUT2D eigenvalue weighted by Gasteiger charge is 2.23. The topological polar surface area (TPSA) is 32.3 Å². The van der Waals surface area contributed by atoms with Crippen LogP contribution < -0.4 is 5.32 Å². The number of likely N-dealkylation sites (tertiary alicyclic amines) is 1. The second-order valence-electron chi connectivity index (χ2n) is 6.75. The normalized spacial score (nSPS) is 17.0. The predicted octanol–water partition coefficient (Wildman–Crippen LogP) is 3.82. The highest BCUT2D eigenvalue weighted by atomic mass is 32.1. The van der Waals surface area contributed by atoms with Gasteiger partial charge in [0.1, 0.15) is 0 Å². The van der Waals surface area contributed by atoms with Crippen LogP contribution in [0.4, 0.5) is 0 Å². The van der Waals surface area contributed by atoms with Gasteiger partial charge in [0, 0.05) is 24.7 Å². The van der Waals surface area contributed by atoms with E-state index in [0.29, 0.717) is 12.0 Å². The fourth-order valence-corrected chi connectivity index (χ4v) is 3.99. The molecule has 1 aromatic carbocycles. The molecule has 1 unspecified atom stereocenters. The first-order valence-corrected chi connectivity index (χ1v) is 9.75. The molecule has 1 fully saturated rings. The van der Waals surface area contributed by atoms with Crippen molar-refractivity contribution >= 4 is 17.2 Å². The third-order valence-electron chi connectivity index (χ3n) is 4.80. The van der Waals surface area contributed by atoms with Gasteiger partial charge in [-0.25, -0.2) is 0 Å². The Morgan fingerprint density at radius 3 is 2.67 bits per heavy atom. The number of piperidine rings is 1. The van der Waals surface area contributed by atoms with Gasteiger partial charge in [0.05, 0.1) is 0 Å². The summed E-state index contributed by atoms with van der Waals surface area (Å²) in [6, 6.07) is 12.3. The Bertz CT molecular complexity index is 618. The van der Waals surface area contributed by atoms with Gasteiger partial charge in [0.15, 0.2) is 0 Å². The summed E-state index contributed by atoms with van der Waals surface area (Å²) in [6.07, 6.45) is 3.28. The van der Waals surface area contributed by atoms with E-state index in [1.807, 2.05) is 35.2 Å². The summed E-state index contributed by atoms with van der Waals surface area (Å²) in [4.78, 5) is 14.5. The standard InChI is InChI=1S/C20H26N2OS/c1-16(13-18-9-12-24-15-18)21-14-17-7-10-22(11-8-17)20(23)19-5-3-2-4-6-19/h2-6,9,12,15-17,21H,7-8,10-11,13-14H2,1H3. The Morgan fingerprint density at radius 2 is 2.00 bits per heavy atom. The molecule has 0 saturated carbocycles. The summed E-state index contributed by atoms with van der Waals surface area (Å²) in [5, 5.41) is 8.04. The van der Waals surface area contributed by atoms with Crippen LogP contribution in [0.1, 0.15) is 35.7 Å². The number of hydrogen-bond donors (Lipinski definition) is 1. The Kier molecular flexibility index (Phi) is 6.05. The minimum atomic E-state index is 0.174. The number of amides is 1. The number of hydrogen-bond acceptors (Lipinski definition) is 3. The maximum Gasteiger partial charge on any atom is 0.253 e. The lowest BCUT2D eigenvalue weighted by Gasteiger charge is -2.32. The van der Waals surface area contributed by atoms with Gasteiger partial charge in [-0.3, -0.25) is 4.79 Å². The maximum atomic E-state index is 12.5. The summed E-state index contributed by atoms with van der Waals surface area (Å²) in [7, 11) is 0. The van der Waals surface area contributed by atoms with Crippen molar-refractivity contribution in [2.24, 2.45) is 5.92 Å². The zero-order chi connectivity index (χ0) is 16.8. The molecule has 1 aliphatic heterocycles. The van der Waals surface area contributed by atoms with Crippen LogP contribution in [0.5, 0.6) is 0 Å². The highest BCUT2D eigenvalue weighted by molar-refractivity contribution is 7.07. The molecule has 3 nitrogen and oxygen atoms in total. The van der Waals surface area contributed by atoms with Crippen LogP contribution in [0.3, 0.4) is 0 Å². The third kappa shape index (κ3) is 4.68. The Labute approximate surface area is 148 Å². The van der Waals surface area contributed by atoms with Crippen LogP contribution >= 0.6 is 11.3 Å². The first kappa shape index (κ1) is 17.2. The van der Waals surface area contributed by atoms with E-state index >= 15 is 0 Å². The summed E-state index contributed by atoms with van der Waals surface area (Å²) in [5.41, 5.74) is 2.22. The molecule has 4 heteroatoms. The lowest BCUT2D eigenvalue weighted by Crippen LogP contribution is -2.42. The van der Waals surface area contributed by atoms with Crippen LogP contribution in [0.2, 0.25) is 0 Å². The van der Waals surface area contributed by atoms with Crippen LogP contribution in [-0.4, -0.2) is 36.5 Å². The van der Waals surface area contributed by atoms with Gasteiger partial charge >= 0.3 is 0 Å². The van der Waals surface area contributed by atoms with E-state index in [1.165, 1.54) is 5.56 Å². The number of thiophene rings is 1. The number of carbonyl (C=O) groups excluding carboxylic acids is 1. The minimum Gasteiger partial charge on any atom is -0.339 e. The SMILES string of the molecule is CC(Cc1ccsc1)NCC1CCN(C(=O)c2ccccc2)CC1. The van der Waals surface area contributed by atoms with Crippen molar-refractivity contribution in [2.45, 2.75) is 32.2 Å². The lowest BCUT2D eigenvalue weighted by molar-refractivity contribution is 0.0689. The second-order valence-corrected chi connectivity index (χ2v) is 7.53. The van der Waals surface area contributed by atoms with Gasteiger partial charge in [-0.15, -0.1) is 0 Å². The summed E-state index contributed by atoms with van der Waals surface area (Å²) in [5.74, 6) is 0.850. The fourth-order valence-electron chi connectivity index (χ4n) is 3.31. The minimum absolute atomic E-state index is 0.174. The third-order valence-corrected chi connectivity index (χ3v) is 5.53. The van der Waals surface area contributed by atoms with Gasteiger partial charge < -0.3 is 10.2 Å². The van der Waals surface area contributed by atoms with Gasteiger partial charge in [-0.1, -0.05) is 18.2 Å². The number of nitrogens with one attached hydrogen (secondary N) is 1. The van der Waals surface area contributed by atoms with Crippen LogP contribution in [0.15, 0.2) is 47.2 Å². The summed E-state index contributed by atoms with van der Waals surface area (Å²) >= 11 is 1.76. The Balaban J connectivity index is 1.40.